The molecule has 3 atom stereocenters. The SMILES string of the molecule is CCC1(OC(=O)C2(C3N[I-]3)N[I-]2)CCC2(CCCCC2)C1. The molecule has 2 saturated heterocycles. The fourth-order valence-electron chi connectivity index (χ4n) is 4.32. The van der Waals surface area contributed by atoms with E-state index in [0.29, 0.717) is 9.46 Å². The van der Waals surface area contributed by atoms with Gasteiger partial charge in [-0.15, -0.1) is 0 Å². The average molecular weight is 518 g/mol. The molecule has 2 N–H and O–H groups in total. The van der Waals surface area contributed by atoms with Crippen molar-refractivity contribution in [1.82, 2.24) is 7.06 Å². The van der Waals surface area contributed by atoms with E-state index in [0.717, 1.165) is 19.3 Å². The first-order valence-corrected chi connectivity index (χ1v) is 12.6. The van der Waals surface area contributed by atoms with Crippen LogP contribution in [0.15, 0.2) is 0 Å². The molecule has 3 unspecified atom stereocenters. The molecule has 0 amide bonds. The van der Waals surface area contributed by atoms with Crippen molar-refractivity contribution in [3.8, 4) is 0 Å². The monoisotopic (exact) mass is 518 g/mol. The third-order valence-corrected chi connectivity index (χ3v) is 12.0. The third-order valence-electron chi connectivity index (χ3n) is 5.84. The van der Waals surface area contributed by atoms with Gasteiger partial charge in [-0.1, -0.05) is 0 Å². The summed E-state index contributed by atoms with van der Waals surface area (Å²) in [5.74, 6) is 0.0831. The van der Waals surface area contributed by atoms with Gasteiger partial charge in [-0.2, -0.15) is 0 Å². The Morgan fingerprint density at radius 1 is 1.24 bits per heavy atom. The first kappa shape index (κ1) is 15.4. The van der Waals surface area contributed by atoms with E-state index in [2.05, 4.69) is 14.0 Å². The van der Waals surface area contributed by atoms with Crippen LogP contribution in [0.3, 0.4) is 0 Å². The van der Waals surface area contributed by atoms with Crippen LogP contribution in [0.4, 0.5) is 0 Å². The second kappa shape index (κ2) is 5.44. The minimum atomic E-state index is -0.226. The molecule has 4 aliphatic rings. The van der Waals surface area contributed by atoms with Gasteiger partial charge in [-0.05, 0) is 0 Å². The molecular formula is C15H24I2N2O2-2. The number of carbonyl (C=O) groups excluding carboxylic acids is 1. The standard InChI is InChI=1S/C15H24I2N2O2/c1-2-14(9-8-13(10-14)6-4-3-5-7-13)21-12(20)15(17-19-15)11-16-18-11/h11,18-19H,2-10H2,1H3/q-2. The summed E-state index contributed by atoms with van der Waals surface area (Å²) in [5.41, 5.74) is 0.348. The van der Waals surface area contributed by atoms with Crippen LogP contribution >= 0.6 is 0 Å². The Kier molecular flexibility index (Phi) is 3.99. The van der Waals surface area contributed by atoms with E-state index in [9.17, 15) is 4.79 Å². The molecule has 0 bridgehead atoms. The third kappa shape index (κ3) is 2.76. The maximum absolute atomic E-state index is 12.7. The van der Waals surface area contributed by atoms with E-state index in [4.69, 9.17) is 4.74 Å². The first-order chi connectivity index (χ1) is 10.1. The Morgan fingerprint density at radius 3 is 2.52 bits per heavy atom. The molecular weight excluding hydrogens is 494 g/mol. The molecule has 1 spiro atoms. The van der Waals surface area contributed by atoms with Crippen molar-refractivity contribution in [2.45, 2.75) is 77.9 Å². The molecule has 2 aliphatic heterocycles. The normalized spacial score (nSPS) is 44.5. The predicted molar refractivity (Wildman–Crippen MR) is 71.3 cm³/mol. The number of hydrogen-bond acceptors (Lipinski definition) is 4. The van der Waals surface area contributed by atoms with Gasteiger partial charge in [0.25, 0.3) is 0 Å². The van der Waals surface area contributed by atoms with Crippen molar-refractivity contribution in [2.24, 2.45) is 5.41 Å². The van der Waals surface area contributed by atoms with Crippen LogP contribution in [0, 0.1) is 5.41 Å². The molecule has 2 heterocycles. The van der Waals surface area contributed by atoms with Gasteiger partial charge < -0.3 is 0 Å². The van der Waals surface area contributed by atoms with Crippen molar-refractivity contribution >= 4 is 5.97 Å². The molecule has 2 aliphatic carbocycles. The van der Waals surface area contributed by atoms with Crippen LogP contribution < -0.4 is 50.0 Å². The molecule has 21 heavy (non-hydrogen) atoms. The van der Waals surface area contributed by atoms with E-state index in [1.54, 1.807) is 0 Å². The predicted octanol–water partition coefficient (Wildman–Crippen LogP) is -3.95. The number of nitrogens with one attached hydrogen (secondary N) is 2. The van der Waals surface area contributed by atoms with Gasteiger partial charge in [0.15, 0.2) is 0 Å². The van der Waals surface area contributed by atoms with Gasteiger partial charge >= 0.3 is 149 Å². The van der Waals surface area contributed by atoms with Crippen LogP contribution in [0.25, 0.3) is 0 Å². The quantitative estimate of drug-likeness (QED) is 0.0997. The summed E-state index contributed by atoms with van der Waals surface area (Å²) in [6.07, 6.45) is 11.4. The molecule has 4 nitrogen and oxygen atoms in total. The van der Waals surface area contributed by atoms with Gasteiger partial charge in [0, 0.05) is 0 Å². The molecule has 0 aromatic carbocycles. The average Bonchev–Trinajstić information content (AvgIpc) is 3.37. The van der Waals surface area contributed by atoms with Crippen LogP contribution in [0.5, 0.6) is 0 Å². The van der Waals surface area contributed by atoms with Crippen molar-refractivity contribution < 1.29 is 52.5 Å². The number of rotatable bonds is 4. The number of esters is 1. The number of carbonyl (C=O) groups is 1. The molecule has 2 saturated carbocycles. The Bertz CT molecular complexity index is 445. The van der Waals surface area contributed by atoms with Crippen molar-refractivity contribution in [3.05, 3.63) is 0 Å². The topological polar surface area (TPSA) is 70.2 Å². The van der Waals surface area contributed by atoms with E-state index in [1.165, 1.54) is 38.5 Å². The van der Waals surface area contributed by atoms with Crippen LogP contribution in [0.2, 0.25) is 0 Å². The fourth-order valence-corrected chi connectivity index (χ4v) is 10.2. The van der Waals surface area contributed by atoms with Crippen LogP contribution in [0.1, 0.15) is 64.7 Å². The number of alkyl halides is 2. The zero-order valence-electron chi connectivity index (χ0n) is 12.5. The molecule has 122 valence electrons. The van der Waals surface area contributed by atoms with Gasteiger partial charge in [0.2, 0.25) is 0 Å². The number of ether oxygens (including phenoxy) is 1. The molecule has 4 fully saturated rings. The summed E-state index contributed by atoms with van der Waals surface area (Å²) in [6.45, 7) is 2.21. The minimum absolute atomic E-state index is 0.0674. The summed E-state index contributed by atoms with van der Waals surface area (Å²) < 4.78 is 13.3. The van der Waals surface area contributed by atoms with Crippen LogP contribution in [-0.4, -0.2) is 19.2 Å². The van der Waals surface area contributed by atoms with E-state index >= 15 is 0 Å². The fraction of sp³-hybridized carbons (Fsp3) is 0.933. The summed E-state index contributed by atoms with van der Waals surface area (Å²) in [4.78, 5) is 12.7. The van der Waals surface area contributed by atoms with E-state index in [-0.39, 0.29) is 58.1 Å². The Labute approximate surface area is 148 Å². The molecule has 0 aromatic rings. The Morgan fingerprint density at radius 2 is 1.95 bits per heavy atom. The summed E-state index contributed by atoms with van der Waals surface area (Å²) in [7, 11) is 0. The van der Waals surface area contributed by atoms with Crippen LogP contribution in [-0.2, 0) is 9.53 Å². The summed E-state index contributed by atoms with van der Waals surface area (Å²) in [5, 5.41) is 0. The van der Waals surface area contributed by atoms with E-state index in [1.807, 2.05) is 0 Å². The molecule has 4 rings (SSSR count). The molecule has 6 heteroatoms. The van der Waals surface area contributed by atoms with Gasteiger partial charge in [-0.25, -0.2) is 0 Å². The summed E-state index contributed by atoms with van der Waals surface area (Å²) in [6, 6.07) is 0. The van der Waals surface area contributed by atoms with Crippen molar-refractivity contribution in [3.63, 3.8) is 0 Å². The summed E-state index contributed by atoms with van der Waals surface area (Å²) >= 11 is -0.0970. The number of hydrogen-bond donors (Lipinski definition) is 2. The van der Waals surface area contributed by atoms with Crippen molar-refractivity contribution in [2.75, 3.05) is 0 Å². The molecule has 0 aromatic heterocycles. The van der Waals surface area contributed by atoms with Crippen molar-refractivity contribution in [1.29, 1.82) is 0 Å². The Hall–Kier alpha value is 0.850. The van der Waals surface area contributed by atoms with Gasteiger partial charge in [-0.3, -0.25) is 0 Å². The van der Waals surface area contributed by atoms with Gasteiger partial charge in [0.1, 0.15) is 0 Å². The first-order valence-electron chi connectivity index (χ1n) is 8.16. The van der Waals surface area contributed by atoms with Gasteiger partial charge in [0.05, 0.1) is 0 Å². The second-order valence-corrected chi connectivity index (χ2v) is 12.4. The zero-order chi connectivity index (χ0) is 14.6. The Balaban J connectivity index is 1.46. The maximum atomic E-state index is 12.7. The second-order valence-electron chi connectivity index (χ2n) is 7.15. The zero-order valence-corrected chi connectivity index (χ0v) is 16.8. The molecule has 0 radical (unpaired) electrons. The number of halogens is 2. The van der Waals surface area contributed by atoms with E-state index < -0.39 is 0 Å².